The van der Waals surface area contributed by atoms with Crippen molar-refractivity contribution in [3.8, 4) is 0 Å². The Hall–Kier alpha value is -2.41. The second-order valence-electron chi connectivity index (χ2n) is 10.9. The minimum Gasteiger partial charge on any atom is -0.383 e. The van der Waals surface area contributed by atoms with Crippen LogP contribution in [-0.4, -0.2) is 97.4 Å². The molecular formula is C27H34F7N3O3. The number of benzene rings is 1. The number of carbonyl (C=O) groups excluding carboxylic acids is 2. The van der Waals surface area contributed by atoms with Crippen LogP contribution in [0.5, 0.6) is 0 Å². The minimum absolute atomic E-state index is 0.0453. The fourth-order valence-corrected chi connectivity index (χ4v) is 6.59. The van der Waals surface area contributed by atoms with Gasteiger partial charge in [0.25, 0.3) is 0 Å². The topological polar surface area (TPSA) is 53.1 Å². The third-order valence-corrected chi connectivity index (χ3v) is 8.52. The van der Waals surface area contributed by atoms with E-state index in [-0.39, 0.29) is 76.1 Å². The molecule has 224 valence electrons. The van der Waals surface area contributed by atoms with Gasteiger partial charge in [-0.3, -0.25) is 14.5 Å². The van der Waals surface area contributed by atoms with Crippen LogP contribution < -0.4 is 0 Å². The zero-order valence-electron chi connectivity index (χ0n) is 22.4. The molecule has 0 saturated carbocycles. The molecule has 5 atom stereocenters. The number of halogens is 7. The molecule has 0 spiro atoms. The number of amides is 2. The molecule has 3 saturated heterocycles. The van der Waals surface area contributed by atoms with Crippen LogP contribution in [0, 0.1) is 24.6 Å². The van der Waals surface area contributed by atoms with Gasteiger partial charge in [-0.25, -0.2) is 4.39 Å². The average molecular weight is 582 g/mol. The number of carbonyl (C=O) groups is 2. The van der Waals surface area contributed by atoms with Crippen LogP contribution in [0.2, 0.25) is 0 Å². The van der Waals surface area contributed by atoms with E-state index in [2.05, 4.69) is 0 Å². The first kappa shape index (κ1) is 30.5. The Kier molecular flexibility index (Phi) is 9.03. The number of ether oxygens (including phenoxy) is 1. The number of piperidine rings is 1. The van der Waals surface area contributed by atoms with Gasteiger partial charge in [0.05, 0.1) is 18.4 Å². The number of hydrogen-bond donors (Lipinski definition) is 0. The van der Waals surface area contributed by atoms with E-state index in [0.717, 1.165) is 9.80 Å². The normalized spacial score (nSPS) is 28.4. The number of alkyl halides is 6. The molecule has 1 unspecified atom stereocenters. The van der Waals surface area contributed by atoms with Crippen molar-refractivity contribution in [2.24, 2.45) is 11.8 Å². The molecule has 0 aromatic heterocycles. The molecule has 13 heteroatoms. The predicted molar refractivity (Wildman–Crippen MR) is 131 cm³/mol. The Bertz CT molecular complexity index is 1030. The van der Waals surface area contributed by atoms with E-state index >= 15 is 0 Å². The molecule has 0 N–H and O–H groups in total. The average Bonchev–Trinajstić information content (AvgIpc) is 3.58. The van der Waals surface area contributed by atoms with E-state index in [0.29, 0.717) is 0 Å². The molecular weight excluding hydrogens is 547 g/mol. The Morgan fingerprint density at radius 2 is 1.40 bits per heavy atom. The Balaban J connectivity index is 1.80. The van der Waals surface area contributed by atoms with Crippen LogP contribution in [0.1, 0.15) is 42.7 Å². The lowest BCUT2D eigenvalue weighted by molar-refractivity contribution is -0.188. The summed E-state index contributed by atoms with van der Waals surface area (Å²) >= 11 is 0. The van der Waals surface area contributed by atoms with Gasteiger partial charge in [0, 0.05) is 45.8 Å². The largest absolute Gasteiger partial charge is 0.408 e. The monoisotopic (exact) mass is 581 g/mol. The smallest absolute Gasteiger partial charge is 0.383 e. The molecule has 40 heavy (non-hydrogen) atoms. The van der Waals surface area contributed by atoms with Crippen molar-refractivity contribution in [2.75, 3.05) is 46.4 Å². The van der Waals surface area contributed by atoms with Crippen LogP contribution in [0.25, 0.3) is 0 Å². The zero-order valence-corrected chi connectivity index (χ0v) is 22.4. The van der Waals surface area contributed by atoms with Gasteiger partial charge in [0.15, 0.2) is 0 Å². The lowest BCUT2D eigenvalue weighted by Gasteiger charge is -2.46. The fourth-order valence-electron chi connectivity index (χ4n) is 6.59. The van der Waals surface area contributed by atoms with Crippen molar-refractivity contribution in [1.29, 1.82) is 0 Å². The maximum atomic E-state index is 14.8. The van der Waals surface area contributed by atoms with Gasteiger partial charge in [-0.1, -0.05) is 12.1 Å². The summed E-state index contributed by atoms with van der Waals surface area (Å²) in [4.78, 5) is 31.1. The number of rotatable bonds is 6. The molecule has 3 aliphatic rings. The second-order valence-corrected chi connectivity index (χ2v) is 10.9. The number of nitrogens with zero attached hydrogens (tertiary/aromatic N) is 3. The summed E-state index contributed by atoms with van der Waals surface area (Å²) in [5.74, 6) is -5.84. The third kappa shape index (κ3) is 6.09. The highest BCUT2D eigenvalue weighted by Gasteiger charge is 2.55. The molecule has 4 rings (SSSR count). The summed E-state index contributed by atoms with van der Waals surface area (Å²) in [6, 6.07) is 0.0727. The van der Waals surface area contributed by atoms with Crippen molar-refractivity contribution in [1.82, 2.24) is 14.7 Å². The van der Waals surface area contributed by atoms with Gasteiger partial charge >= 0.3 is 12.4 Å². The van der Waals surface area contributed by atoms with Crippen LogP contribution in [0.3, 0.4) is 0 Å². The fraction of sp³-hybridized carbons (Fsp3) is 0.704. The second kappa shape index (κ2) is 11.8. The van der Waals surface area contributed by atoms with Gasteiger partial charge in [-0.2, -0.15) is 26.3 Å². The summed E-state index contributed by atoms with van der Waals surface area (Å²) in [5, 5.41) is 0. The van der Waals surface area contributed by atoms with Gasteiger partial charge < -0.3 is 14.5 Å². The summed E-state index contributed by atoms with van der Waals surface area (Å²) in [6.07, 6.45) is -9.56. The maximum Gasteiger partial charge on any atom is 0.408 e. The number of hydrogen-bond acceptors (Lipinski definition) is 4. The van der Waals surface area contributed by atoms with Crippen LogP contribution in [0.4, 0.5) is 30.7 Å². The lowest BCUT2D eigenvalue weighted by Crippen LogP contribution is -2.58. The van der Waals surface area contributed by atoms with E-state index in [1.165, 1.54) is 32.2 Å². The van der Waals surface area contributed by atoms with E-state index in [1.54, 1.807) is 4.90 Å². The maximum absolute atomic E-state index is 14.8. The molecule has 2 amide bonds. The van der Waals surface area contributed by atoms with Crippen molar-refractivity contribution >= 4 is 11.8 Å². The van der Waals surface area contributed by atoms with E-state index in [1.807, 2.05) is 0 Å². The molecule has 0 aliphatic carbocycles. The quantitative estimate of drug-likeness (QED) is 0.464. The SMILES string of the molecule is COCCN1C[C@H](C(=O)N2CCC[C@@H]2C(F)(F)F)C(c2cccc(F)c2C)[C@H](C(=O)N2CCC[C@@H]2C(F)(F)F)C1. The van der Waals surface area contributed by atoms with Crippen molar-refractivity contribution in [2.45, 2.75) is 63.0 Å². The van der Waals surface area contributed by atoms with Crippen molar-refractivity contribution < 1.29 is 45.1 Å². The highest BCUT2D eigenvalue weighted by atomic mass is 19.4. The standard InChI is InChI=1S/C27H34F7N3O3/c1-16-17(6-3-7-20(16)28)23-18(24(38)36-10-4-8-21(36)26(29,30)31)14-35(12-13-40-2)15-19(23)25(39)37-11-5-9-22(37)27(32,33)34/h3,6-7,18-19,21-23H,4-5,8-15H2,1-2H3/t18-,19+,21-,22-,23?/m1/s1. The first-order chi connectivity index (χ1) is 18.8. The molecule has 0 radical (unpaired) electrons. The minimum atomic E-state index is -4.66. The first-order valence-corrected chi connectivity index (χ1v) is 13.5. The van der Waals surface area contributed by atoms with Gasteiger partial charge in [-0.05, 0) is 49.8 Å². The summed E-state index contributed by atoms with van der Waals surface area (Å²) in [6.45, 7) is 1.47. The van der Waals surface area contributed by atoms with E-state index in [9.17, 15) is 40.3 Å². The van der Waals surface area contributed by atoms with Gasteiger partial charge in [0.2, 0.25) is 11.8 Å². The van der Waals surface area contributed by atoms with Crippen LogP contribution in [0.15, 0.2) is 18.2 Å². The highest BCUT2D eigenvalue weighted by molar-refractivity contribution is 5.86. The van der Waals surface area contributed by atoms with Crippen molar-refractivity contribution in [3.63, 3.8) is 0 Å². The van der Waals surface area contributed by atoms with E-state index in [4.69, 9.17) is 4.74 Å². The Labute approximate surface area is 228 Å². The number of likely N-dealkylation sites (tertiary alicyclic amines) is 3. The van der Waals surface area contributed by atoms with E-state index < -0.39 is 59.8 Å². The van der Waals surface area contributed by atoms with Crippen molar-refractivity contribution in [3.05, 3.63) is 35.1 Å². The highest BCUT2D eigenvalue weighted by Crippen LogP contribution is 2.44. The summed E-state index contributed by atoms with van der Waals surface area (Å²) in [7, 11) is 1.43. The molecule has 3 aliphatic heterocycles. The molecule has 1 aromatic carbocycles. The first-order valence-electron chi connectivity index (χ1n) is 13.5. The summed E-state index contributed by atoms with van der Waals surface area (Å²) < 4.78 is 103. The molecule has 3 fully saturated rings. The zero-order chi connectivity index (χ0) is 29.4. The number of methoxy groups -OCH3 is 1. The van der Waals surface area contributed by atoms with Crippen LogP contribution >= 0.6 is 0 Å². The molecule has 6 nitrogen and oxygen atoms in total. The van der Waals surface area contributed by atoms with Gasteiger partial charge in [-0.15, -0.1) is 0 Å². The molecule has 0 bridgehead atoms. The molecule has 3 heterocycles. The van der Waals surface area contributed by atoms with Crippen LogP contribution in [-0.2, 0) is 14.3 Å². The predicted octanol–water partition coefficient (Wildman–Crippen LogP) is 4.52. The third-order valence-electron chi connectivity index (χ3n) is 8.52. The van der Waals surface area contributed by atoms with Gasteiger partial charge in [0.1, 0.15) is 17.9 Å². The Morgan fingerprint density at radius 1 is 0.900 bits per heavy atom. The summed E-state index contributed by atoms with van der Waals surface area (Å²) in [5.41, 5.74) is 0.352. The Morgan fingerprint density at radius 3 is 1.85 bits per heavy atom. The lowest BCUT2D eigenvalue weighted by atomic mass is 9.71. The molecule has 1 aromatic rings.